The number of aliphatic hydroxyl groups is 1. The summed E-state index contributed by atoms with van der Waals surface area (Å²) in [7, 11) is 4.08. The average Bonchev–Trinajstić information content (AvgIpc) is 2.90. The monoisotopic (exact) mass is 277 g/mol. The number of aryl methyl sites for hydroxylation is 1. The lowest BCUT2D eigenvalue weighted by Crippen LogP contribution is -2.50. The van der Waals surface area contributed by atoms with Gasteiger partial charge >= 0.3 is 0 Å². The molecule has 20 heavy (non-hydrogen) atoms. The summed E-state index contributed by atoms with van der Waals surface area (Å²) in [4.78, 5) is 2.13. The molecule has 0 radical (unpaired) electrons. The predicted octanol–water partition coefficient (Wildman–Crippen LogP) is 2.65. The standard InChI is InChI=1S/C17H27NO2/c1-5-17(2,18(3)4)16(19)9-7-13-6-8-15-14(12-13)10-11-20-15/h6,8,12,16,19H,5,7,9-11H2,1-4H3. The van der Waals surface area contributed by atoms with Gasteiger partial charge in [-0.1, -0.05) is 19.1 Å². The van der Waals surface area contributed by atoms with Crippen LogP contribution in [0.3, 0.4) is 0 Å². The highest BCUT2D eigenvalue weighted by atomic mass is 16.5. The number of nitrogens with zero attached hydrogens (tertiary/aromatic N) is 1. The van der Waals surface area contributed by atoms with Gasteiger partial charge in [0.15, 0.2) is 0 Å². The van der Waals surface area contributed by atoms with Gasteiger partial charge in [-0.2, -0.15) is 0 Å². The summed E-state index contributed by atoms with van der Waals surface area (Å²) in [5.74, 6) is 1.03. The van der Waals surface area contributed by atoms with E-state index in [0.717, 1.165) is 38.0 Å². The van der Waals surface area contributed by atoms with Gasteiger partial charge in [0.2, 0.25) is 0 Å². The molecule has 1 aliphatic rings. The van der Waals surface area contributed by atoms with Crippen LogP contribution in [0.5, 0.6) is 5.75 Å². The third kappa shape index (κ3) is 2.99. The van der Waals surface area contributed by atoms with Crippen LogP contribution in [0.1, 0.15) is 37.8 Å². The van der Waals surface area contributed by atoms with E-state index in [4.69, 9.17) is 4.74 Å². The lowest BCUT2D eigenvalue weighted by atomic mass is 9.86. The Kier molecular flexibility index (Phi) is 4.71. The lowest BCUT2D eigenvalue weighted by Gasteiger charge is -2.40. The van der Waals surface area contributed by atoms with Crippen LogP contribution >= 0.6 is 0 Å². The molecule has 0 aromatic heterocycles. The Morgan fingerprint density at radius 2 is 2.15 bits per heavy atom. The van der Waals surface area contributed by atoms with Gasteiger partial charge in [0, 0.05) is 12.0 Å². The molecule has 0 saturated carbocycles. The Balaban J connectivity index is 1.98. The Hall–Kier alpha value is -1.06. The molecule has 0 spiro atoms. The number of benzene rings is 1. The molecule has 1 N–H and O–H groups in total. The van der Waals surface area contributed by atoms with E-state index < -0.39 is 0 Å². The maximum Gasteiger partial charge on any atom is 0.122 e. The second-order valence-electron chi connectivity index (χ2n) is 6.20. The molecule has 1 aromatic carbocycles. The van der Waals surface area contributed by atoms with E-state index in [2.05, 4.69) is 36.9 Å². The van der Waals surface area contributed by atoms with Gasteiger partial charge < -0.3 is 14.7 Å². The van der Waals surface area contributed by atoms with Crippen LogP contribution in [0, 0.1) is 0 Å². The van der Waals surface area contributed by atoms with Crippen LogP contribution in [0.2, 0.25) is 0 Å². The Labute approximate surface area is 122 Å². The number of ether oxygens (including phenoxy) is 1. The smallest absolute Gasteiger partial charge is 0.122 e. The number of rotatable bonds is 6. The van der Waals surface area contributed by atoms with Crippen LogP contribution in [0.25, 0.3) is 0 Å². The first-order valence-corrected chi connectivity index (χ1v) is 7.57. The largest absolute Gasteiger partial charge is 0.493 e. The van der Waals surface area contributed by atoms with Crippen molar-refractivity contribution in [1.29, 1.82) is 0 Å². The molecule has 1 heterocycles. The first-order chi connectivity index (χ1) is 9.47. The third-order valence-electron chi connectivity index (χ3n) is 4.92. The zero-order chi connectivity index (χ0) is 14.8. The van der Waals surface area contributed by atoms with Crippen molar-refractivity contribution >= 4 is 0 Å². The fourth-order valence-electron chi connectivity index (χ4n) is 2.86. The molecule has 0 fully saturated rings. The van der Waals surface area contributed by atoms with Gasteiger partial charge in [0.05, 0.1) is 12.7 Å². The van der Waals surface area contributed by atoms with Crippen molar-refractivity contribution in [1.82, 2.24) is 4.90 Å². The minimum absolute atomic E-state index is 0.153. The number of likely N-dealkylation sites (N-methyl/N-ethyl adjacent to an activating group) is 1. The predicted molar refractivity (Wildman–Crippen MR) is 82.4 cm³/mol. The zero-order valence-corrected chi connectivity index (χ0v) is 13.1. The van der Waals surface area contributed by atoms with Gasteiger partial charge in [0.25, 0.3) is 0 Å². The van der Waals surface area contributed by atoms with E-state index in [0.29, 0.717) is 0 Å². The number of hydrogen-bond acceptors (Lipinski definition) is 3. The van der Waals surface area contributed by atoms with Crippen molar-refractivity contribution in [3.8, 4) is 5.75 Å². The molecular weight excluding hydrogens is 250 g/mol. The maximum atomic E-state index is 10.5. The normalized spacial score (nSPS) is 18.5. The van der Waals surface area contributed by atoms with Crippen LogP contribution in [-0.2, 0) is 12.8 Å². The topological polar surface area (TPSA) is 32.7 Å². The molecule has 1 aromatic rings. The fraction of sp³-hybridized carbons (Fsp3) is 0.647. The van der Waals surface area contributed by atoms with Gasteiger partial charge in [-0.3, -0.25) is 0 Å². The van der Waals surface area contributed by atoms with E-state index in [-0.39, 0.29) is 11.6 Å². The fourth-order valence-corrected chi connectivity index (χ4v) is 2.86. The molecule has 3 heteroatoms. The van der Waals surface area contributed by atoms with Crippen molar-refractivity contribution in [2.75, 3.05) is 20.7 Å². The van der Waals surface area contributed by atoms with Crippen LogP contribution in [0.15, 0.2) is 18.2 Å². The van der Waals surface area contributed by atoms with E-state index in [1.165, 1.54) is 11.1 Å². The summed E-state index contributed by atoms with van der Waals surface area (Å²) in [6, 6.07) is 6.42. The first-order valence-electron chi connectivity index (χ1n) is 7.57. The van der Waals surface area contributed by atoms with Crippen molar-refractivity contribution < 1.29 is 9.84 Å². The van der Waals surface area contributed by atoms with E-state index in [9.17, 15) is 5.11 Å². The quantitative estimate of drug-likeness (QED) is 0.867. The highest BCUT2D eigenvalue weighted by molar-refractivity contribution is 5.39. The summed E-state index contributed by atoms with van der Waals surface area (Å²) < 4.78 is 5.53. The second kappa shape index (κ2) is 6.15. The number of aliphatic hydroxyl groups excluding tert-OH is 1. The molecule has 2 unspecified atom stereocenters. The molecule has 3 nitrogen and oxygen atoms in total. The summed E-state index contributed by atoms with van der Waals surface area (Å²) in [5.41, 5.74) is 2.45. The molecule has 2 rings (SSSR count). The Morgan fingerprint density at radius 1 is 1.40 bits per heavy atom. The molecule has 0 amide bonds. The number of fused-ring (bicyclic) bond motifs is 1. The average molecular weight is 277 g/mol. The first kappa shape index (κ1) is 15.3. The summed E-state index contributed by atoms with van der Waals surface area (Å²) in [6.45, 7) is 5.07. The van der Waals surface area contributed by atoms with Crippen LogP contribution in [0.4, 0.5) is 0 Å². The maximum absolute atomic E-state index is 10.5. The molecule has 2 atom stereocenters. The van der Waals surface area contributed by atoms with Crippen LogP contribution in [-0.4, -0.2) is 42.4 Å². The lowest BCUT2D eigenvalue weighted by molar-refractivity contribution is -0.00215. The SMILES string of the molecule is CCC(C)(C(O)CCc1ccc2c(c1)CCO2)N(C)C. The molecule has 1 aliphatic heterocycles. The Bertz CT molecular complexity index is 458. The minimum Gasteiger partial charge on any atom is -0.493 e. The minimum atomic E-state index is -0.313. The Morgan fingerprint density at radius 3 is 2.80 bits per heavy atom. The van der Waals surface area contributed by atoms with E-state index in [1.807, 2.05) is 14.1 Å². The summed E-state index contributed by atoms with van der Waals surface area (Å²) in [6.07, 6.45) is 3.35. The van der Waals surface area contributed by atoms with Crippen molar-refractivity contribution in [3.63, 3.8) is 0 Å². The summed E-state index contributed by atoms with van der Waals surface area (Å²) in [5, 5.41) is 10.5. The van der Waals surface area contributed by atoms with Gasteiger partial charge in [-0.15, -0.1) is 0 Å². The molecule has 112 valence electrons. The third-order valence-corrected chi connectivity index (χ3v) is 4.92. The van der Waals surface area contributed by atoms with Gasteiger partial charge in [-0.25, -0.2) is 0 Å². The molecular formula is C17H27NO2. The van der Waals surface area contributed by atoms with Crippen molar-refractivity contribution in [2.45, 2.75) is 51.2 Å². The van der Waals surface area contributed by atoms with Crippen LogP contribution < -0.4 is 4.74 Å². The molecule has 0 aliphatic carbocycles. The zero-order valence-electron chi connectivity index (χ0n) is 13.1. The van der Waals surface area contributed by atoms with Crippen molar-refractivity contribution in [2.24, 2.45) is 0 Å². The van der Waals surface area contributed by atoms with E-state index in [1.54, 1.807) is 0 Å². The highest BCUT2D eigenvalue weighted by Gasteiger charge is 2.32. The molecule has 0 saturated heterocycles. The number of hydrogen-bond donors (Lipinski definition) is 1. The van der Waals surface area contributed by atoms with Gasteiger partial charge in [-0.05, 0) is 57.5 Å². The van der Waals surface area contributed by atoms with Gasteiger partial charge in [0.1, 0.15) is 5.75 Å². The second-order valence-corrected chi connectivity index (χ2v) is 6.20. The van der Waals surface area contributed by atoms with Crippen molar-refractivity contribution in [3.05, 3.63) is 29.3 Å². The highest BCUT2D eigenvalue weighted by Crippen LogP contribution is 2.28. The summed E-state index contributed by atoms with van der Waals surface area (Å²) >= 11 is 0. The molecule has 0 bridgehead atoms. The van der Waals surface area contributed by atoms with E-state index >= 15 is 0 Å².